The van der Waals surface area contributed by atoms with Gasteiger partial charge in [0.2, 0.25) is 16.1 Å². The van der Waals surface area contributed by atoms with E-state index in [-0.39, 0.29) is 19.2 Å². The van der Waals surface area contributed by atoms with E-state index in [2.05, 4.69) is 0 Å². The third-order valence-corrected chi connectivity index (χ3v) is 7.77. The Labute approximate surface area is 165 Å². The summed E-state index contributed by atoms with van der Waals surface area (Å²) in [6.07, 6.45) is 3.07. The molecule has 152 valence electrons. The van der Waals surface area contributed by atoms with E-state index >= 15 is 0 Å². The van der Waals surface area contributed by atoms with Crippen molar-refractivity contribution in [2.24, 2.45) is 5.92 Å². The molecule has 2 fully saturated rings. The van der Waals surface area contributed by atoms with Crippen LogP contribution in [0, 0.1) is 5.92 Å². The van der Waals surface area contributed by atoms with E-state index in [9.17, 15) is 18.0 Å². The number of piperidine rings is 1. The number of esters is 2. The fourth-order valence-electron chi connectivity index (χ4n) is 4.24. The van der Waals surface area contributed by atoms with Crippen LogP contribution in [0.5, 0.6) is 0 Å². The van der Waals surface area contributed by atoms with Crippen LogP contribution in [0.15, 0.2) is 23.1 Å². The topological polar surface area (TPSA) is 90.0 Å². The van der Waals surface area contributed by atoms with Gasteiger partial charge in [0.25, 0.3) is 0 Å². The van der Waals surface area contributed by atoms with E-state index in [0.29, 0.717) is 24.2 Å². The number of aryl methyl sites for hydroxylation is 2. The van der Waals surface area contributed by atoms with E-state index in [1.165, 1.54) is 9.87 Å². The summed E-state index contributed by atoms with van der Waals surface area (Å²) in [5.41, 5.74) is 2.36. The van der Waals surface area contributed by atoms with Crippen LogP contribution in [0.25, 0.3) is 0 Å². The lowest BCUT2D eigenvalue weighted by atomic mass is 9.98. The second-order valence-corrected chi connectivity index (χ2v) is 9.81. The number of benzene rings is 1. The van der Waals surface area contributed by atoms with Gasteiger partial charge in [0.05, 0.1) is 10.8 Å². The van der Waals surface area contributed by atoms with Crippen molar-refractivity contribution in [2.75, 3.05) is 13.1 Å². The van der Waals surface area contributed by atoms with Crippen LogP contribution in [-0.4, -0.2) is 50.0 Å². The summed E-state index contributed by atoms with van der Waals surface area (Å²) in [6.45, 7) is 2.30. The fraction of sp³-hybridized carbons (Fsp3) is 0.600. The number of ether oxygens (including phenoxy) is 2. The van der Waals surface area contributed by atoms with Gasteiger partial charge in [0.1, 0.15) is 6.10 Å². The first kappa shape index (κ1) is 19.4. The second-order valence-electron chi connectivity index (χ2n) is 7.87. The SMILES string of the molecule is CC1CC(OC(=O)C2CCN(S(=O)(=O)c3ccc4c(c3)CCC4)CC2)C(=O)O1. The minimum Gasteiger partial charge on any atom is -0.460 e. The van der Waals surface area contributed by atoms with Crippen LogP contribution < -0.4 is 0 Å². The number of carbonyl (C=O) groups excluding carboxylic acids is 2. The zero-order valence-electron chi connectivity index (χ0n) is 15.9. The number of rotatable bonds is 4. The molecule has 28 heavy (non-hydrogen) atoms. The van der Waals surface area contributed by atoms with Gasteiger partial charge < -0.3 is 9.47 Å². The molecule has 1 aliphatic carbocycles. The number of cyclic esters (lactones) is 1. The molecule has 0 amide bonds. The lowest BCUT2D eigenvalue weighted by molar-refractivity contribution is -0.164. The van der Waals surface area contributed by atoms with Crippen LogP contribution in [0.2, 0.25) is 0 Å². The van der Waals surface area contributed by atoms with E-state index in [0.717, 1.165) is 24.8 Å². The number of carbonyl (C=O) groups is 2. The molecule has 7 nitrogen and oxygen atoms in total. The molecule has 0 spiro atoms. The second kappa shape index (κ2) is 7.48. The number of hydrogen-bond donors (Lipinski definition) is 0. The minimum absolute atomic E-state index is 0.246. The van der Waals surface area contributed by atoms with E-state index in [1.807, 2.05) is 6.07 Å². The van der Waals surface area contributed by atoms with Crippen molar-refractivity contribution < 1.29 is 27.5 Å². The molecule has 0 aromatic heterocycles. The summed E-state index contributed by atoms with van der Waals surface area (Å²) >= 11 is 0. The molecule has 3 aliphatic rings. The van der Waals surface area contributed by atoms with Gasteiger partial charge in [-0.3, -0.25) is 4.79 Å². The Morgan fingerprint density at radius 2 is 1.89 bits per heavy atom. The average Bonchev–Trinajstić information content (AvgIpc) is 3.27. The monoisotopic (exact) mass is 407 g/mol. The Hall–Kier alpha value is -1.93. The van der Waals surface area contributed by atoms with Gasteiger partial charge in [-0.1, -0.05) is 6.07 Å². The largest absolute Gasteiger partial charge is 0.460 e. The smallest absolute Gasteiger partial charge is 0.347 e. The highest BCUT2D eigenvalue weighted by molar-refractivity contribution is 7.89. The van der Waals surface area contributed by atoms with Gasteiger partial charge in [-0.25, -0.2) is 13.2 Å². The number of fused-ring (bicyclic) bond motifs is 1. The van der Waals surface area contributed by atoms with Crippen LogP contribution >= 0.6 is 0 Å². The molecule has 2 aliphatic heterocycles. The summed E-state index contributed by atoms with van der Waals surface area (Å²) in [4.78, 5) is 24.3. The average molecular weight is 407 g/mol. The predicted octanol–water partition coefficient (Wildman–Crippen LogP) is 1.82. The number of sulfonamides is 1. The van der Waals surface area contributed by atoms with E-state index in [4.69, 9.17) is 9.47 Å². The van der Waals surface area contributed by atoms with Gasteiger partial charge in [0, 0.05) is 19.5 Å². The highest BCUT2D eigenvalue weighted by atomic mass is 32.2. The molecular formula is C20H25NO6S. The zero-order chi connectivity index (χ0) is 19.9. The highest BCUT2D eigenvalue weighted by Crippen LogP contribution is 2.29. The molecule has 0 radical (unpaired) electrons. The maximum absolute atomic E-state index is 13.0. The van der Waals surface area contributed by atoms with Crippen molar-refractivity contribution in [3.63, 3.8) is 0 Å². The predicted molar refractivity (Wildman–Crippen MR) is 100 cm³/mol. The molecule has 0 bridgehead atoms. The zero-order valence-corrected chi connectivity index (χ0v) is 16.7. The molecule has 0 N–H and O–H groups in total. The molecule has 1 aromatic rings. The quantitative estimate of drug-likeness (QED) is 0.708. The molecule has 2 atom stereocenters. The van der Waals surface area contributed by atoms with E-state index < -0.39 is 34.0 Å². The summed E-state index contributed by atoms with van der Waals surface area (Å²) in [6, 6.07) is 5.40. The molecule has 2 heterocycles. The summed E-state index contributed by atoms with van der Waals surface area (Å²) < 4.78 is 37.7. The summed E-state index contributed by atoms with van der Waals surface area (Å²) in [7, 11) is -3.56. The van der Waals surface area contributed by atoms with Gasteiger partial charge >= 0.3 is 11.9 Å². The Balaban J connectivity index is 1.37. The Bertz CT molecular complexity index is 888. The number of hydrogen-bond acceptors (Lipinski definition) is 6. The highest BCUT2D eigenvalue weighted by Gasteiger charge is 2.38. The minimum atomic E-state index is -3.56. The standard InChI is InChI=1S/C20H25NO6S/c1-13-11-18(20(23)26-13)27-19(22)15-7-9-21(10-8-15)28(24,25)17-6-5-14-3-2-4-16(14)12-17/h5-6,12-13,15,18H,2-4,7-11H2,1H3. The summed E-state index contributed by atoms with van der Waals surface area (Å²) in [5, 5.41) is 0. The molecule has 2 unspecified atom stereocenters. The van der Waals surface area contributed by atoms with Gasteiger partial charge in [0.15, 0.2) is 0 Å². The molecule has 2 saturated heterocycles. The van der Waals surface area contributed by atoms with Gasteiger partial charge in [-0.2, -0.15) is 4.31 Å². The lowest BCUT2D eigenvalue weighted by Crippen LogP contribution is -2.41. The molecular weight excluding hydrogens is 382 g/mol. The van der Waals surface area contributed by atoms with E-state index in [1.54, 1.807) is 19.1 Å². The molecule has 0 saturated carbocycles. The van der Waals surface area contributed by atoms with Crippen LogP contribution in [-0.2, 0) is 41.9 Å². The van der Waals surface area contributed by atoms with Crippen LogP contribution in [0.1, 0.15) is 43.7 Å². The van der Waals surface area contributed by atoms with Crippen molar-refractivity contribution >= 4 is 22.0 Å². The van der Waals surface area contributed by atoms with Crippen molar-refractivity contribution in [3.05, 3.63) is 29.3 Å². The van der Waals surface area contributed by atoms with Crippen molar-refractivity contribution in [2.45, 2.75) is 62.6 Å². The fourth-order valence-corrected chi connectivity index (χ4v) is 5.76. The first-order chi connectivity index (χ1) is 13.3. The molecule has 8 heteroatoms. The normalized spacial score (nSPS) is 26.1. The third kappa shape index (κ3) is 3.67. The van der Waals surface area contributed by atoms with Crippen molar-refractivity contribution in [3.8, 4) is 0 Å². The van der Waals surface area contributed by atoms with Crippen molar-refractivity contribution in [1.29, 1.82) is 0 Å². The number of nitrogens with zero attached hydrogens (tertiary/aromatic N) is 1. The first-order valence-electron chi connectivity index (χ1n) is 9.87. The Morgan fingerprint density at radius 1 is 1.18 bits per heavy atom. The molecule has 4 rings (SSSR count). The van der Waals surface area contributed by atoms with Gasteiger partial charge in [-0.05, 0) is 62.3 Å². The Morgan fingerprint density at radius 3 is 2.57 bits per heavy atom. The van der Waals surface area contributed by atoms with Crippen LogP contribution in [0.4, 0.5) is 0 Å². The maximum atomic E-state index is 13.0. The van der Waals surface area contributed by atoms with Gasteiger partial charge in [-0.15, -0.1) is 0 Å². The maximum Gasteiger partial charge on any atom is 0.347 e. The van der Waals surface area contributed by atoms with Crippen molar-refractivity contribution in [1.82, 2.24) is 4.31 Å². The Kier molecular flexibility index (Phi) is 5.18. The van der Waals surface area contributed by atoms with Crippen LogP contribution in [0.3, 0.4) is 0 Å². The third-order valence-electron chi connectivity index (χ3n) is 5.88. The molecule has 1 aromatic carbocycles. The lowest BCUT2D eigenvalue weighted by Gasteiger charge is -2.30. The first-order valence-corrected chi connectivity index (χ1v) is 11.3. The summed E-state index contributed by atoms with van der Waals surface area (Å²) in [5.74, 6) is -1.33.